The average Bonchev–Trinajstić information content (AvgIpc) is 3.08. The zero-order chi connectivity index (χ0) is 16.7. The topological polar surface area (TPSA) is 65.9 Å². The minimum absolute atomic E-state index is 0.173. The fraction of sp³-hybridized carbons (Fsp3) is 0.353. The molecular weight excluding hydrogens is 310 g/mol. The van der Waals surface area contributed by atoms with Crippen molar-refractivity contribution in [2.24, 2.45) is 4.99 Å². The minimum Gasteiger partial charge on any atom is -0.508 e. The van der Waals surface area contributed by atoms with E-state index >= 15 is 0 Å². The fourth-order valence-corrected chi connectivity index (χ4v) is 2.85. The van der Waals surface area contributed by atoms with Gasteiger partial charge in [-0.25, -0.2) is 4.99 Å². The summed E-state index contributed by atoms with van der Waals surface area (Å²) in [6.45, 7) is 5.26. The van der Waals surface area contributed by atoms with E-state index in [1.807, 2.05) is 13.0 Å². The lowest BCUT2D eigenvalue weighted by Crippen LogP contribution is -2.38. The van der Waals surface area contributed by atoms with Gasteiger partial charge in [0.25, 0.3) is 0 Å². The van der Waals surface area contributed by atoms with Crippen molar-refractivity contribution < 1.29 is 9.84 Å². The van der Waals surface area contributed by atoms with Crippen LogP contribution in [-0.2, 0) is 6.54 Å². The van der Waals surface area contributed by atoms with Gasteiger partial charge < -0.3 is 20.5 Å². The zero-order valence-electron chi connectivity index (χ0n) is 13.7. The minimum atomic E-state index is 0.173. The first-order valence-electron chi connectivity index (χ1n) is 7.58. The van der Waals surface area contributed by atoms with Crippen molar-refractivity contribution in [3.05, 3.63) is 46.2 Å². The van der Waals surface area contributed by atoms with E-state index in [1.165, 1.54) is 4.88 Å². The Hall–Kier alpha value is -2.21. The summed E-state index contributed by atoms with van der Waals surface area (Å²) < 4.78 is 5.19. The highest BCUT2D eigenvalue weighted by Gasteiger charge is 2.09. The Morgan fingerprint density at radius 3 is 2.87 bits per heavy atom. The first-order valence-corrected chi connectivity index (χ1v) is 8.46. The van der Waals surface area contributed by atoms with Gasteiger partial charge in [0.1, 0.15) is 11.5 Å². The van der Waals surface area contributed by atoms with E-state index in [-0.39, 0.29) is 11.8 Å². The number of nitrogens with zero attached hydrogens (tertiary/aromatic N) is 1. The Labute approximate surface area is 141 Å². The maximum absolute atomic E-state index is 9.94. The Balaban J connectivity index is 2.09. The summed E-state index contributed by atoms with van der Waals surface area (Å²) in [6.07, 6.45) is 0. The quantitative estimate of drug-likeness (QED) is 0.561. The van der Waals surface area contributed by atoms with Crippen LogP contribution in [0.3, 0.4) is 0 Å². The van der Waals surface area contributed by atoms with Gasteiger partial charge in [-0.05, 0) is 43.5 Å². The molecule has 1 heterocycles. The normalized spacial score (nSPS) is 12.7. The molecule has 0 bridgehead atoms. The molecule has 124 valence electrons. The number of aliphatic imine (C=N–C) groups is 1. The van der Waals surface area contributed by atoms with Gasteiger partial charge in [0.15, 0.2) is 5.96 Å². The predicted octanol–water partition coefficient (Wildman–Crippen LogP) is 3.28. The van der Waals surface area contributed by atoms with Crippen molar-refractivity contribution in [1.82, 2.24) is 10.6 Å². The fourth-order valence-electron chi connectivity index (χ4n) is 2.11. The molecule has 2 aromatic rings. The lowest BCUT2D eigenvalue weighted by molar-refractivity contribution is 0.411. The molecule has 6 heteroatoms. The Morgan fingerprint density at radius 1 is 1.39 bits per heavy atom. The van der Waals surface area contributed by atoms with Crippen LogP contribution in [0, 0.1) is 0 Å². The third-order valence-corrected chi connectivity index (χ3v) is 4.42. The summed E-state index contributed by atoms with van der Waals surface area (Å²) >= 11 is 1.71. The number of hydrogen-bond acceptors (Lipinski definition) is 4. The van der Waals surface area contributed by atoms with Gasteiger partial charge in [0, 0.05) is 17.0 Å². The molecule has 1 atom stereocenters. The van der Waals surface area contributed by atoms with Gasteiger partial charge >= 0.3 is 0 Å². The molecule has 0 spiro atoms. The number of benzene rings is 1. The number of phenolic OH excluding ortho intramolecular Hbond substituents is 1. The molecule has 3 N–H and O–H groups in total. The third-order valence-electron chi connectivity index (χ3n) is 3.36. The lowest BCUT2D eigenvalue weighted by Gasteiger charge is -2.17. The number of guanidine groups is 1. The molecule has 0 aliphatic carbocycles. The molecule has 0 radical (unpaired) electrons. The molecule has 23 heavy (non-hydrogen) atoms. The second-order valence-corrected chi connectivity index (χ2v) is 6.05. The van der Waals surface area contributed by atoms with Crippen molar-refractivity contribution in [2.75, 3.05) is 13.7 Å². The Kier molecular flexibility index (Phi) is 6.29. The van der Waals surface area contributed by atoms with E-state index in [2.05, 4.69) is 34.0 Å². The summed E-state index contributed by atoms with van der Waals surface area (Å²) in [4.78, 5) is 5.80. The van der Waals surface area contributed by atoms with Crippen molar-refractivity contribution in [3.8, 4) is 11.5 Å². The molecule has 1 aromatic carbocycles. The number of methoxy groups -OCH3 is 1. The van der Waals surface area contributed by atoms with Crippen molar-refractivity contribution in [1.29, 1.82) is 0 Å². The van der Waals surface area contributed by atoms with E-state index in [0.29, 0.717) is 12.3 Å². The van der Waals surface area contributed by atoms with Gasteiger partial charge in [-0.2, -0.15) is 0 Å². The molecule has 0 saturated heterocycles. The molecule has 0 aliphatic rings. The summed E-state index contributed by atoms with van der Waals surface area (Å²) in [7, 11) is 1.60. The van der Waals surface area contributed by atoms with Crippen LogP contribution in [0.15, 0.2) is 40.7 Å². The Bertz CT molecular complexity index is 641. The summed E-state index contributed by atoms with van der Waals surface area (Å²) in [5.41, 5.74) is 0.727. The highest BCUT2D eigenvalue weighted by Crippen LogP contribution is 2.23. The van der Waals surface area contributed by atoms with Gasteiger partial charge in [0.2, 0.25) is 0 Å². The van der Waals surface area contributed by atoms with Gasteiger partial charge in [-0.3, -0.25) is 0 Å². The number of hydrogen-bond donors (Lipinski definition) is 3. The lowest BCUT2D eigenvalue weighted by atomic mass is 10.2. The van der Waals surface area contributed by atoms with Gasteiger partial charge in [0.05, 0.1) is 19.7 Å². The monoisotopic (exact) mass is 333 g/mol. The first kappa shape index (κ1) is 17.1. The maximum atomic E-state index is 9.94. The van der Waals surface area contributed by atoms with Crippen molar-refractivity contribution >= 4 is 17.3 Å². The van der Waals surface area contributed by atoms with Gasteiger partial charge in [-0.1, -0.05) is 6.07 Å². The zero-order valence-corrected chi connectivity index (χ0v) is 14.5. The SMILES string of the molecule is CCNC(=NCc1cc(OC)ccc1O)NC(C)c1cccs1. The van der Waals surface area contributed by atoms with Crippen LogP contribution in [0.25, 0.3) is 0 Å². The van der Waals surface area contributed by atoms with Crippen molar-refractivity contribution in [3.63, 3.8) is 0 Å². The largest absolute Gasteiger partial charge is 0.508 e. The standard InChI is InChI=1S/C17H23N3O2S/c1-4-18-17(20-12(2)16-6-5-9-23-16)19-11-13-10-14(22-3)7-8-15(13)21/h5-10,12,21H,4,11H2,1-3H3,(H2,18,19,20). The van der Waals surface area contributed by atoms with Crippen LogP contribution in [0.2, 0.25) is 0 Å². The summed E-state index contributed by atoms with van der Waals surface area (Å²) in [5.74, 6) is 1.64. The highest BCUT2D eigenvalue weighted by molar-refractivity contribution is 7.10. The molecular formula is C17H23N3O2S. The molecule has 1 aromatic heterocycles. The molecule has 0 aliphatic heterocycles. The number of aromatic hydroxyl groups is 1. The number of nitrogens with one attached hydrogen (secondary N) is 2. The maximum Gasteiger partial charge on any atom is 0.192 e. The smallest absolute Gasteiger partial charge is 0.192 e. The van der Waals surface area contributed by atoms with E-state index in [0.717, 1.165) is 18.1 Å². The van der Waals surface area contributed by atoms with E-state index in [1.54, 1.807) is 36.6 Å². The molecule has 0 amide bonds. The van der Waals surface area contributed by atoms with E-state index in [4.69, 9.17) is 4.74 Å². The summed E-state index contributed by atoms with van der Waals surface area (Å²) in [5, 5.41) is 18.6. The number of rotatable bonds is 6. The molecule has 2 rings (SSSR count). The Morgan fingerprint density at radius 2 is 2.22 bits per heavy atom. The molecule has 0 saturated carbocycles. The van der Waals surface area contributed by atoms with Crippen LogP contribution in [0.1, 0.15) is 30.3 Å². The van der Waals surface area contributed by atoms with Crippen LogP contribution in [-0.4, -0.2) is 24.7 Å². The number of ether oxygens (including phenoxy) is 1. The molecule has 1 unspecified atom stereocenters. The van der Waals surface area contributed by atoms with Crippen LogP contribution < -0.4 is 15.4 Å². The van der Waals surface area contributed by atoms with E-state index in [9.17, 15) is 5.11 Å². The number of phenols is 1. The third kappa shape index (κ3) is 4.89. The van der Waals surface area contributed by atoms with Crippen LogP contribution in [0.5, 0.6) is 11.5 Å². The van der Waals surface area contributed by atoms with Crippen LogP contribution in [0.4, 0.5) is 0 Å². The molecule has 5 nitrogen and oxygen atoms in total. The first-order chi connectivity index (χ1) is 11.1. The van der Waals surface area contributed by atoms with Gasteiger partial charge in [-0.15, -0.1) is 11.3 Å². The second-order valence-electron chi connectivity index (χ2n) is 5.07. The number of thiophene rings is 1. The predicted molar refractivity (Wildman–Crippen MR) is 95.3 cm³/mol. The van der Waals surface area contributed by atoms with Crippen molar-refractivity contribution in [2.45, 2.75) is 26.4 Å². The second kappa shape index (κ2) is 8.43. The average molecular weight is 333 g/mol. The summed E-state index contributed by atoms with van der Waals surface area (Å²) in [6, 6.07) is 9.46. The highest BCUT2D eigenvalue weighted by atomic mass is 32.1. The van der Waals surface area contributed by atoms with Crippen LogP contribution >= 0.6 is 11.3 Å². The molecule has 0 fully saturated rings. The van der Waals surface area contributed by atoms with E-state index < -0.39 is 0 Å².